The number of rotatable bonds is 6. The lowest BCUT2D eigenvalue weighted by molar-refractivity contribution is 0.276. The summed E-state index contributed by atoms with van der Waals surface area (Å²) >= 11 is 0. The van der Waals surface area contributed by atoms with Gasteiger partial charge in [-0.2, -0.15) is 8.61 Å². The predicted molar refractivity (Wildman–Crippen MR) is 134 cm³/mol. The first-order chi connectivity index (χ1) is 16.0. The van der Waals surface area contributed by atoms with Crippen LogP contribution >= 0.6 is 0 Å². The molecule has 0 amide bonds. The van der Waals surface area contributed by atoms with Gasteiger partial charge in [0.05, 0.1) is 9.79 Å². The fourth-order valence-electron chi connectivity index (χ4n) is 4.22. The van der Waals surface area contributed by atoms with Gasteiger partial charge in [0.1, 0.15) is 6.17 Å². The van der Waals surface area contributed by atoms with E-state index >= 15 is 0 Å². The summed E-state index contributed by atoms with van der Waals surface area (Å²) in [4.78, 5) is 2.20. The molecule has 2 atom stereocenters. The lowest BCUT2D eigenvalue weighted by Crippen LogP contribution is -2.39. The molecule has 1 saturated heterocycles. The molecule has 1 aliphatic rings. The minimum Gasteiger partial charge on any atom is -0.378 e. The first kappa shape index (κ1) is 24.4. The van der Waals surface area contributed by atoms with Crippen LogP contribution in [0.2, 0.25) is 0 Å². The molecule has 7 nitrogen and oxygen atoms in total. The van der Waals surface area contributed by atoms with Gasteiger partial charge in [0.2, 0.25) is 20.0 Å². The largest absolute Gasteiger partial charge is 0.378 e. The van der Waals surface area contributed by atoms with E-state index in [1.54, 1.807) is 61.5 Å². The molecule has 3 aromatic rings. The van der Waals surface area contributed by atoms with Gasteiger partial charge < -0.3 is 4.90 Å². The van der Waals surface area contributed by atoms with Crippen LogP contribution in [0.4, 0.5) is 5.69 Å². The van der Waals surface area contributed by atoms with E-state index in [9.17, 15) is 16.8 Å². The van der Waals surface area contributed by atoms with Crippen LogP contribution in [0.15, 0.2) is 88.7 Å². The molecule has 0 radical (unpaired) electrons. The number of anilines is 1. The number of sulfonamides is 2. The third-order valence-corrected chi connectivity index (χ3v) is 9.86. The van der Waals surface area contributed by atoms with Gasteiger partial charge in [-0.15, -0.1) is 0 Å². The van der Waals surface area contributed by atoms with E-state index in [2.05, 4.69) is 0 Å². The maximum Gasteiger partial charge on any atom is 0.245 e. The Morgan fingerprint density at radius 2 is 1.32 bits per heavy atom. The van der Waals surface area contributed by atoms with Crippen molar-refractivity contribution in [3.8, 4) is 0 Å². The Labute approximate surface area is 202 Å². The molecule has 9 heteroatoms. The maximum atomic E-state index is 13.8. The number of hydrogen-bond donors (Lipinski definition) is 0. The topological polar surface area (TPSA) is 78.0 Å². The lowest BCUT2D eigenvalue weighted by Gasteiger charge is -2.31. The molecule has 0 aromatic heterocycles. The van der Waals surface area contributed by atoms with E-state index in [1.165, 1.54) is 20.7 Å². The molecule has 180 valence electrons. The van der Waals surface area contributed by atoms with Gasteiger partial charge in [0.15, 0.2) is 0 Å². The maximum absolute atomic E-state index is 13.8. The first-order valence-electron chi connectivity index (χ1n) is 11.0. The molecule has 0 saturated carbocycles. The smallest absolute Gasteiger partial charge is 0.245 e. The van der Waals surface area contributed by atoms with Gasteiger partial charge in [-0.1, -0.05) is 48.0 Å². The van der Waals surface area contributed by atoms with Crippen molar-refractivity contribution >= 4 is 25.7 Å². The highest BCUT2D eigenvalue weighted by Gasteiger charge is 2.50. The summed E-state index contributed by atoms with van der Waals surface area (Å²) in [5, 5.41) is 0. The summed E-state index contributed by atoms with van der Waals surface area (Å²) in [7, 11) is -4.13. The monoisotopic (exact) mass is 499 g/mol. The zero-order chi connectivity index (χ0) is 24.7. The number of benzene rings is 3. The summed E-state index contributed by atoms with van der Waals surface area (Å²) < 4.78 is 57.6. The molecule has 0 bridgehead atoms. The Morgan fingerprint density at radius 3 is 1.88 bits per heavy atom. The van der Waals surface area contributed by atoms with Gasteiger partial charge in [0, 0.05) is 32.4 Å². The van der Waals surface area contributed by atoms with Crippen LogP contribution in [0.25, 0.3) is 0 Å². The van der Waals surface area contributed by atoms with Gasteiger partial charge in [0.25, 0.3) is 0 Å². The van der Waals surface area contributed by atoms with Crippen LogP contribution in [-0.4, -0.2) is 52.1 Å². The minimum absolute atomic E-state index is 0.0440. The van der Waals surface area contributed by atoms with Gasteiger partial charge in [-0.25, -0.2) is 16.8 Å². The average Bonchev–Trinajstić information content (AvgIpc) is 3.18. The molecule has 0 spiro atoms. The highest BCUT2D eigenvalue weighted by molar-refractivity contribution is 7.90. The fourth-order valence-corrected chi connectivity index (χ4v) is 7.72. The molecular formula is C25H29N3O4S2. The van der Waals surface area contributed by atoms with Crippen molar-refractivity contribution in [1.29, 1.82) is 0 Å². The van der Waals surface area contributed by atoms with Crippen LogP contribution < -0.4 is 4.90 Å². The average molecular weight is 500 g/mol. The van der Waals surface area contributed by atoms with Crippen LogP contribution in [0, 0.1) is 6.92 Å². The Kier molecular flexibility index (Phi) is 6.56. The van der Waals surface area contributed by atoms with Crippen LogP contribution in [-0.2, 0) is 20.0 Å². The first-order valence-corrected chi connectivity index (χ1v) is 13.9. The van der Waals surface area contributed by atoms with Crippen molar-refractivity contribution in [2.75, 3.05) is 25.5 Å². The fraction of sp³-hybridized carbons (Fsp3) is 0.280. The lowest BCUT2D eigenvalue weighted by atomic mass is 10.1. The van der Waals surface area contributed by atoms with E-state index in [0.29, 0.717) is 5.56 Å². The van der Waals surface area contributed by atoms with Crippen molar-refractivity contribution in [2.45, 2.75) is 35.8 Å². The third kappa shape index (κ3) is 4.36. The molecule has 1 heterocycles. The predicted octanol–water partition coefficient (Wildman–Crippen LogP) is 3.84. The Morgan fingerprint density at radius 1 is 0.765 bits per heavy atom. The van der Waals surface area contributed by atoms with Gasteiger partial charge in [-0.3, -0.25) is 0 Å². The van der Waals surface area contributed by atoms with Crippen molar-refractivity contribution in [1.82, 2.24) is 8.61 Å². The van der Waals surface area contributed by atoms with Crippen LogP contribution in [0.3, 0.4) is 0 Å². The summed E-state index contributed by atoms with van der Waals surface area (Å²) in [6, 6.07) is 21.5. The Bertz CT molecular complexity index is 1360. The van der Waals surface area contributed by atoms with Crippen molar-refractivity contribution < 1.29 is 16.8 Å². The van der Waals surface area contributed by atoms with Crippen LogP contribution in [0.1, 0.15) is 24.2 Å². The second-order valence-corrected chi connectivity index (χ2v) is 12.5. The van der Waals surface area contributed by atoms with Crippen molar-refractivity contribution in [3.05, 3.63) is 90.0 Å². The number of hydrogen-bond acceptors (Lipinski definition) is 5. The minimum atomic E-state index is -3.98. The van der Waals surface area contributed by atoms with E-state index in [4.69, 9.17) is 0 Å². The second-order valence-electron chi connectivity index (χ2n) is 8.74. The molecule has 0 unspecified atom stereocenters. The van der Waals surface area contributed by atoms with Crippen molar-refractivity contribution in [3.63, 3.8) is 0 Å². The standard InChI is InChI=1S/C25H29N3O4S2/c1-19-10-16-24(17-11-19)33(29,30)27-18-20(2)28(34(31,32)23-8-6-5-7-9-23)25(27)21-12-14-22(15-13-21)26(3)4/h5-17,20,25H,18H2,1-4H3/t20-,25-/m1/s1. The highest BCUT2D eigenvalue weighted by Crippen LogP contribution is 2.41. The molecule has 3 aromatic carbocycles. The SMILES string of the molecule is Cc1ccc(S(=O)(=O)N2C[C@@H](C)N(S(=O)(=O)c3ccccc3)[C@@H]2c2ccc(N(C)C)cc2)cc1. The van der Waals surface area contributed by atoms with Crippen molar-refractivity contribution in [2.24, 2.45) is 0 Å². The van der Waals surface area contributed by atoms with Gasteiger partial charge in [-0.05, 0) is 55.8 Å². The van der Waals surface area contributed by atoms with E-state index in [-0.39, 0.29) is 16.3 Å². The Hall–Kier alpha value is -2.72. The number of nitrogens with zero attached hydrogens (tertiary/aromatic N) is 3. The third-order valence-electron chi connectivity index (χ3n) is 6.05. The number of aryl methyl sites for hydroxylation is 1. The van der Waals surface area contributed by atoms with E-state index < -0.39 is 32.3 Å². The molecule has 0 aliphatic carbocycles. The summed E-state index contributed by atoms with van der Waals surface area (Å²) in [6.45, 7) is 3.67. The molecule has 34 heavy (non-hydrogen) atoms. The summed E-state index contributed by atoms with van der Waals surface area (Å²) in [6.07, 6.45) is -1.01. The molecular weight excluding hydrogens is 470 g/mol. The van der Waals surface area contributed by atoms with E-state index in [0.717, 1.165) is 11.3 Å². The summed E-state index contributed by atoms with van der Waals surface area (Å²) in [5.41, 5.74) is 2.46. The highest BCUT2D eigenvalue weighted by atomic mass is 32.2. The normalized spacial score (nSPS) is 19.9. The van der Waals surface area contributed by atoms with E-state index in [1.807, 2.05) is 38.1 Å². The zero-order valence-electron chi connectivity index (χ0n) is 19.7. The molecule has 4 rings (SSSR count). The molecule has 1 fully saturated rings. The molecule has 1 aliphatic heterocycles. The zero-order valence-corrected chi connectivity index (χ0v) is 21.3. The van der Waals surface area contributed by atoms with Crippen LogP contribution in [0.5, 0.6) is 0 Å². The van der Waals surface area contributed by atoms with Gasteiger partial charge >= 0.3 is 0 Å². The second kappa shape index (κ2) is 9.14. The molecule has 0 N–H and O–H groups in total. The summed E-state index contributed by atoms with van der Waals surface area (Å²) in [5.74, 6) is 0. The quantitative estimate of drug-likeness (QED) is 0.515. The Balaban J connectivity index is 1.87.